The highest BCUT2D eigenvalue weighted by Gasteiger charge is 2.19. The van der Waals surface area contributed by atoms with E-state index in [0.29, 0.717) is 13.0 Å². The molecule has 0 aromatic rings. The second-order valence-electron chi connectivity index (χ2n) is 4.52. The zero-order valence-electron chi connectivity index (χ0n) is 9.76. The van der Waals surface area contributed by atoms with Gasteiger partial charge in [-0.3, -0.25) is 4.79 Å². The second kappa shape index (κ2) is 6.02. The van der Waals surface area contributed by atoms with Crippen LogP contribution in [0.1, 0.15) is 40.5 Å². The monoisotopic (exact) mass is 201 g/mol. The number of aliphatic hydroxyl groups is 1. The third-order valence-electron chi connectivity index (χ3n) is 2.78. The molecule has 3 heteroatoms. The highest BCUT2D eigenvalue weighted by molar-refractivity contribution is 5.78. The van der Waals surface area contributed by atoms with Gasteiger partial charge in [0, 0.05) is 6.54 Å². The van der Waals surface area contributed by atoms with Crippen LogP contribution in [-0.2, 0) is 4.79 Å². The molecule has 0 rings (SSSR count). The summed E-state index contributed by atoms with van der Waals surface area (Å²) in [7, 11) is 0. The predicted octanol–water partition coefficient (Wildman–Crippen LogP) is 1.56. The molecule has 0 aliphatic heterocycles. The smallest absolute Gasteiger partial charge is 0.225 e. The first kappa shape index (κ1) is 13.4. The maximum Gasteiger partial charge on any atom is 0.225 e. The van der Waals surface area contributed by atoms with Crippen molar-refractivity contribution in [1.82, 2.24) is 5.32 Å². The van der Waals surface area contributed by atoms with Gasteiger partial charge in [-0.25, -0.2) is 0 Å². The number of hydrogen-bond donors (Lipinski definition) is 2. The normalized spacial score (nSPS) is 13.8. The third kappa shape index (κ3) is 4.61. The Kier molecular flexibility index (Phi) is 5.77. The van der Waals surface area contributed by atoms with Crippen LogP contribution in [0.3, 0.4) is 0 Å². The van der Waals surface area contributed by atoms with Crippen LogP contribution >= 0.6 is 0 Å². The van der Waals surface area contributed by atoms with E-state index in [-0.39, 0.29) is 23.8 Å². The molecule has 0 heterocycles. The molecule has 0 bridgehead atoms. The van der Waals surface area contributed by atoms with Crippen molar-refractivity contribution in [1.29, 1.82) is 0 Å². The van der Waals surface area contributed by atoms with Crippen molar-refractivity contribution >= 4 is 5.91 Å². The number of nitrogens with one attached hydrogen (secondary N) is 1. The maximum absolute atomic E-state index is 11.5. The van der Waals surface area contributed by atoms with E-state index in [4.69, 9.17) is 5.11 Å². The van der Waals surface area contributed by atoms with E-state index in [0.717, 1.165) is 6.42 Å². The van der Waals surface area contributed by atoms with Gasteiger partial charge in [-0.15, -0.1) is 0 Å². The number of carbonyl (C=O) groups excluding carboxylic acids is 1. The van der Waals surface area contributed by atoms with E-state index >= 15 is 0 Å². The summed E-state index contributed by atoms with van der Waals surface area (Å²) in [5.74, 6) is -0.279. The minimum atomic E-state index is -0.248. The topological polar surface area (TPSA) is 49.3 Å². The van der Waals surface area contributed by atoms with Crippen LogP contribution in [0.15, 0.2) is 0 Å². The van der Waals surface area contributed by atoms with Gasteiger partial charge in [0.15, 0.2) is 0 Å². The fourth-order valence-corrected chi connectivity index (χ4v) is 0.993. The van der Waals surface area contributed by atoms with E-state index in [9.17, 15) is 4.79 Å². The van der Waals surface area contributed by atoms with Gasteiger partial charge in [-0.1, -0.05) is 27.7 Å². The molecule has 0 saturated heterocycles. The van der Waals surface area contributed by atoms with Crippen molar-refractivity contribution in [2.24, 2.45) is 11.3 Å². The van der Waals surface area contributed by atoms with Gasteiger partial charge in [0.25, 0.3) is 0 Å². The Morgan fingerprint density at radius 1 is 1.43 bits per heavy atom. The van der Waals surface area contributed by atoms with Crippen LogP contribution in [0, 0.1) is 11.3 Å². The molecule has 0 saturated carbocycles. The molecule has 2 N–H and O–H groups in total. The van der Waals surface area contributed by atoms with Crippen LogP contribution in [0.5, 0.6) is 0 Å². The minimum Gasteiger partial charge on any atom is -0.396 e. The van der Waals surface area contributed by atoms with E-state index in [1.54, 1.807) is 0 Å². The molecular weight excluding hydrogens is 178 g/mol. The minimum absolute atomic E-state index is 0.0310. The summed E-state index contributed by atoms with van der Waals surface area (Å²) in [6.45, 7) is 8.87. The lowest BCUT2D eigenvalue weighted by atomic mass is 9.90. The first-order valence-corrected chi connectivity index (χ1v) is 5.35. The molecule has 0 aliphatic carbocycles. The van der Waals surface area contributed by atoms with Crippen molar-refractivity contribution in [3.63, 3.8) is 0 Å². The van der Waals surface area contributed by atoms with E-state index in [2.05, 4.69) is 26.1 Å². The van der Waals surface area contributed by atoms with Gasteiger partial charge in [0.2, 0.25) is 5.91 Å². The molecule has 1 unspecified atom stereocenters. The lowest BCUT2D eigenvalue weighted by molar-refractivity contribution is -0.126. The van der Waals surface area contributed by atoms with E-state index < -0.39 is 0 Å². The summed E-state index contributed by atoms with van der Waals surface area (Å²) in [5, 5.41) is 11.8. The van der Waals surface area contributed by atoms with Crippen LogP contribution < -0.4 is 5.32 Å². The first-order chi connectivity index (χ1) is 6.46. The Balaban J connectivity index is 3.95. The summed E-state index contributed by atoms with van der Waals surface area (Å²) >= 11 is 0. The van der Waals surface area contributed by atoms with Gasteiger partial charge in [-0.05, 0) is 18.3 Å². The number of aliphatic hydroxyl groups excluding tert-OH is 1. The maximum atomic E-state index is 11.5. The van der Waals surface area contributed by atoms with Gasteiger partial charge in [-0.2, -0.15) is 0 Å². The summed E-state index contributed by atoms with van der Waals surface area (Å²) in [5.41, 5.74) is 0.142. The molecule has 1 amide bonds. The van der Waals surface area contributed by atoms with E-state index in [1.807, 2.05) is 6.92 Å². The zero-order chi connectivity index (χ0) is 11.2. The van der Waals surface area contributed by atoms with Crippen molar-refractivity contribution in [2.75, 3.05) is 13.2 Å². The first-order valence-electron chi connectivity index (χ1n) is 5.35. The van der Waals surface area contributed by atoms with Crippen LogP contribution in [0.2, 0.25) is 0 Å². The number of hydrogen-bond acceptors (Lipinski definition) is 2. The fourth-order valence-electron chi connectivity index (χ4n) is 0.993. The highest BCUT2D eigenvalue weighted by atomic mass is 16.3. The summed E-state index contributed by atoms with van der Waals surface area (Å²) < 4.78 is 0. The van der Waals surface area contributed by atoms with Crippen LogP contribution in [0.25, 0.3) is 0 Å². The lowest BCUT2D eigenvalue weighted by Gasteiger charge is -2.24. The molecule has 0 spiro atoms. The Hall–Kier alpha value is -0.570. The molecule has 14 heavy (non-hydrogen) atoms. The molecule has 0 aromatic carbocycles. The van der Waals surface area contributed by atoms with E-state index in [1.165, 1.54) is 0 Å². The Bertz CT molecular complexity index is 174. The molecule has 0 aromatic heterocycles. The molecule has 0 aliphatic rings. The summed E-state index contributed by atoms with van der Waals surface area (Å²) in [6.07, 6.45) is 1.72. The van der Waals surface area contributed by atoms with Gasteiger partial charge in [0.05, 0.1) is 12.5 Å². The van der Waals surface area contributed by atoms with Crippen molar-refractivity contribution < 1.29 is 9.90 Å². The van der Waals surface area contributed by atoms with Gasteiger partial charge >= 0.3 is 0 Å². The molecule has 3 nitrogen and oxygen atoms in total. The van der Waals surface area contributed by atoms with Gasteiger partial charge in [0.1, 0.15) is 0 Å². The Morgan fingerprint density at radius 3 is 2.36 bits per heavy atom. The summed E-state index contributed by atoms with van der Waals surface area (Å²) in [6, 6.07) is 0. The standard InChI is InChI=1S/C11H23NO2/c1-5-9(7-13)10(14)12-8-11(3,4)6-2/h9,13H,5-8H2,1-4H3,(H,12,14). The molecular formula is C11H23NO2. The predicted molar refractivity (Wildman–Crippen MR) is 57.9 cm³/mol. The number of carbonyl (C=O) groups is 1. The number of amides is 1. The molecule has 1 atom stereocenters. The zero-order valence-corrected chi connectivity index (χ0v) is 9.76. The SMILES string of the molecule is CCC(CO)C(=O)NCC(C)(C)CC. The quantitative estimate of drug-likeness (QED) is 0.685. The second-order valence-corrected chi connectivity index (χ2v) is 4.52. The van der Waals surface area contributed by atoms with Crippen LogP contribution in [-0.4, -0.2) is 24.2 Å². The Morgan fingerprint density at radius 2 is 2.00 bits per heavy atom. The highest BCUT2D eigenvalue weighted by Crippen LogP contribution is 2.17. The number of rotatable bonds is 6. The van der Waals surface area contributed by atoms with Crippen molar-refractivity contribution in [2.45, 2.75) is 40.5 Å². The lowest BCUT2D eigenvalue weighted by Crippen LogP contribution is -2.38. The van der Waals surface area contributed by atoms with Crippen molar-refractivity contribution in [3.05, 3.63) is 0 Å². The molecule has 0 radical (unpaired) electrons. The van der Waals surface area contributed by atoms with Crippen molar-refractivity contribution in [3.8, 4) is 0 Å². The largest absolute Gasteiger partial charge is 0.396 e. The third-order valence-corrected chi connectivity index (χ3v) is 2.78. The molecule has 0 fully saturated rings. The van der Waals surface area contributed by atoms with Gasteiger partial charge < -0.3 is 10.4 Å². The average Bonchev–Trinajstić information content (AvgIpc) is 2.17. The fraction of sp³-hybridized carbons (Fsp3) is 0.909. The Labute approximate surface area is 86.9 Å². The average molecular weight is 201 g/mol. The molecule has 84 valence electrons. The summed E-state index contributed by atoms with van der Waals surface area (Å²) in [4.78, 5) is 11.5. The van der Waals surface area contributed by atoms with Crippen LogP contribution in [0.4, 0.5) is 0 Å².